The van der Waals surface area contributed by atoms with E-state index in [-0.39, 0.29) is 17.1 Å². The first-order chi connectivity index (χ1) is 4.57. The number of hydrogen-bond acceptors (Lipinski definition) is 2. The second-order valence-electron chi connectivity index (χ2n) is 1.85. The third-order valence-corrected chi connectivity index (χ3v) is 1.35. The molecule has 2 amide bonds. The molecule has 58 valence electrons. The van der Waals surface area contributed by atoms with Crippen molar-refractivity contribution in [2.75, 3.05) is 7.05 Å². The predicted molar refractivity (Wildman–Crippen MR) is 43.8 cm³/mol. The van der Waals surface area contributed by atoms with Crippen LogP contribution in [0.25, 0.3) is 0 Å². The molecule has 10 heavy (non-hydrogen) atoms. The third kappa shape index (κ3) is 3.24. The molecule has 0 aromatic heterocycles. The fourth-order valence-corrected chi connectivity index (χ4v) is 0.399. The average Bonchev–Trinajstić information content (AvgIpc) is 1.87. The topological polar surface area (TPSA) is 67.2 Å². The van der Waals surface area contributed by atoms with Gasteiger partial charge in [0.2, 0.25) is 0 Å². The first kappa shape index (κ1) is 9.16. The van der Waals surface area contributed by atoms with Gasteiger partial charge in [0.1, 0.15) is 0 Å². The van der Waals surface area contributed by atoms with Crippen LogP contribution in [0.3, 0.4) is 0 Å². The number of nitrogens with two attached hydrogens (primary N) is 1. The molecule has 1 unspecified atom stereocenters. The number of thiocarbonyl (C=S) groups is 1. The summed E-state index contributed by atoms with van der Waals surface area (Å²) >= 11 is 4.62. The molecule has 0 aliphatic carbocycles. The molecule has 4 N–H and O–H groups in total. The van der Waals surface area contributed by atoms with E-state index in [1.54, 1.807) is 6.92 Å². The van der Waals surface area contributed by atoms with Crippen LogP contribution >= 0.6 is 12.2 Å². The van der Waals surface area contributed by atoms with Crippen LogP contribution in [0, 0.1) is 0 Å². The zero-order valence-corrected chi connectivity index (χ0v) is 6.79. The van der Waals surface area contributed by atoms with Crippen LogP contribution in [0.15, 0.2) is 0 Å². The highest BCUT2D eigenvalue weighted by atomic mass is 32.1. The Balaban J connectivity index is 3.68. The maximum atomic E-state index is 10.6. The number of amides is 2. The van der Waals surface area contributed by atoms with Gasteiger partial charge in [-0.15, -0.1) is 0 Å². The number of urea groups is 1. The normalized spacial score (nSPS) is 11.8. The highest BCUT2D eigenvalue weighted by Crippen LogP contribution is 1.80. The first-order valence-corrected chi connectivity index (χ1v) is 3.26. The highest BCUT2D eigenvalue weighted by molar-refractivity contribution is 7.80. The largest absolute Gasteiger partial charge is 0.392 e. The fourth-order valence-electron chi connectivity index (χ4n) is 0.340. The summed E-state index contributed by atoms with van der Waals surface area (Å²) in [7, 11) is 1.53. The quantitative estimate of drug-likeness (QED) is 0.482. The highest BCUT2D eigenvalue weighted by Gasteiger charge is 2.05. The molecular formula is C5H11N3OS. The first-order valence-electron chi connectivity index (χ1n) is 2.85. The second kappa shape index (κ2) is 4.05. The smallest absolute Gasteiger partial charge is 0.315 e. The molecule has 4 nitrogen and oxygen atoms in total. The van der Waals surface area contributed by atoms with Gasteiger partial charge in [-0.1, -0.05) is 12.2 Å². The maximum absolute atomic E-state index is 10.6. The Hall–Kier alpha value is -0.840. The van der Waals surface area contributed by atoms with Crippen molar-refractivity contribution >= 4 is 23.2 Å². The van der Waals surface area contributed by atoms with Crippen molar-refractivity contribution in [2.24, 2.45) is 5.73 Å². The van der Waals surface area contributed by atoms with E-state index in [0.29, 0.717) is 0 Å². The molecule has 0 aliphatic heterocycles. The molecule has 0 fully saturated rings. The lowest BCUT2D eigenvalue weighted by molar-refractivity contribution is 0.242. The fraction of sp³-hybridized carbons (Fsp3) is 0.600. The Morgan fingerprint density at radius 2 is 2.20 bits per heavy atom. The molecule has 0 aromatic carbocycles. The van der Waals surface area contributed by atoms with E-state index in [1.165, 1.54) is 7.05 Å². The summed E-state index contributed by atoms with van der Waals surface area (Å²) in [5.41, 5.74) is 5.23. The van der Waals surface area contributed by atoms with Crippen molar-refractivity contribution in [1.82, 2.24) is 10.6 Å². The van der Waals surface area contributed by atoms with E-state index >= 15 is 0 Å². The number of carbonyl (C=O) groups is 1. The lowest BCUT2D eigenvalue weighted by Crippen LogP contribution is -2.45. The van der Waals surface area contributed by atoms with E-state index in [2.05, 4.69) is 22.9 Å². The zero-order valence-electron chi connectivity index (χ0n) is 5.97. The van der Waals surface area contributed by atoms with Crippen LogP contribution in [-0.4, -0.2) is 24.1 Å². The van der Waals surface area contributed by atoms with Crippen molar-refractivity contribution in [3.8, 4) is 0 Å². The Morgan fingerprint density at radius 1 is 1.70 bits per heavy atom. The monoisotopic (exact) mass is 161 g/mol. The summed E-state index contributed by atoms with van der Waals surface area (Å²) in [4.78, 5) is 10.9. The Kier molecular flexibility index (Phi) is 3.71. The van der Waals surface area contributed by atoms with Crippen molar-refractivity contribution in [2.45, 2.75) is 13.0 Å². The van der Waals surface area contributed by atoms with Crippen molar-refractivity contribution < 1.29 is 4.79 Å². The Labute approximate surface area is 65.2 Å². The van der Waals surface area contributed by atoms with Gasteiger partial charge in [0.05, 0.1) is 11.0 Å². The summed E-state index contributed by atoms with van der Waals surface area (Å²) in [6, 6.07) is -0.532. The predicted octanol–water partition coefficient (Wildman–Crippen LogP) is -0.410. The molecule has 0 spiro atoms. The van der Waals surface area contributed by atoms with Gasteiger partial charge in [-0.05, 0) is 6.92 Å². The minimum Gasteiger partial charge on any atom is -0.392 e. The van der Waals surface area contributed by atoms with E-state index < -0.39 is 0 Å². The number of rotatable bonds is 2. The van der Waals surface area contributed by atoms with Gasteiger partial charge in [0, 0.05) is 7.05 Å². The van der Waals surface area contributed by atoms with Crippen LogP contribution in [0.2, 0.25) is 0 Å². The molecule has 0 heterocycles. The van der Waals surface area contributed by atoms with Crippen LogP contribution in [-0.2, 0) is 0 Å². The standard InChI is InChI=1S/C5H11N3OS/c1-3(4(6)10)8-5(9)7-2/h3H,1-2H3,(H2,6,10)(H2,7,8,9). The molecule has 0 saturated heterocycles. The summed E-state index contributed by atoms with van der Waals surface area (Å²) in [6.07, 6.45) is 0. The lowest BCUT2D eigenvalue weighted by atomic mass is 10.3. The Morgan fingerprint density at radius 3 is 2.50 bits per heavy atom. The summed E-state index contributed by atoms with van der Waals surface area (Å²) in [5.74, 6) is 0. The van der Waals surface area contributed by atoms with Crippen molar-refractivity contribution in [3.63, 3.8) is 0 Å². The third-order valence-electron chi connectivity index (χ3n) is 1.00. The maximum Gasteiger partial charge on any atom is 0.315 e. The summed E-state index contributed by atoms with van der Waals surface area (Å²) in [6.45, 7) is 1.72. The van der Waals surface area contributed by atoms with Gasteiger partial charge in [0.25, 0.3) is 0 Å². The number of nitrogens with one attached hydrogen (secondary N) is 2. The van der Waals surface area contributed by atoms with Crippen LogP contribution < -0.4 is 16.4 Å². The van der Waals surface area contributed by atoms with Gasteiger partial charge in [0.15, 0.2) is 0 Å². The SMILES string of the molecule is CNC(=O)NC(C)C(N)=S. The van der Waals surface area contributed by atoms with E-state index in [9.17, 15) is 4.79 Å². The molecule has 0 aromatic rings. The second-order valence-corrected chi connectivity index (χ2v) is 2.32. The average molecular weight is 161 g/mol. The van der Waals surface area contributed by atoms with Gasteiger partial charge in [-0.25, -0.2) is 4.79 Å². The molecule has 1 atom stereocenters. The molecule has 0 saturated carbocycles. The van der Waals surface area contributed by atoms with Gasteiger partial charge < -0.3 is 16.4 Å². The van der Waals surface area contributed by atoms with Crippen LogP contribution in [0.1, 0.15) is 6.92 Å². The minimum atomic E-state index is -0.277. The van der Waals surface area contributed by atoms with Crippen LogP contribution in [0.5, 0.6) is 0 Å². The van der Waals surface area contributed by atoms with Crippen molar-refractivity contribution in [3.05, 3.63) is 0 Å². The van der Waals surface area contributed by atoms with Crippen LogP contribution in [0.4, 0.5) is 4.79 Å². The number of hydrogen-bond donors (Lipinski definition) is 3. The molecule has 0 bridgehead atoms. The Bertz CT molecular complexity index is 148. The van der Waals surface area contributed by atoms with Crippen molar-refractivity contribution in [1.29, 1.82) is 0 Å². The molecular weight excluding hydrogens is 150 g/mol. The number of carbonyl (C=O) groups excluding carboxylic acids is 1. The minimum absolute atomic E-state index is 0.255. The molecule has 0 radical (unpaired) electrons. The van der Waals surface area contributed by atoms with E-state index in [4.69, 9.17) is 5.73 Å². The zero-order chi connectivity index (χ0) is 8.15. The molecule has 0 rings (SSSR count). The lowest BCUT2D eigenvalue weighted by Gasteiger charge is -2.10. The molecule has 0 aliphatic rings. The van der Waals surface area contributed by atoms with E-state index in [1.807, 2.05) is 0 Å². The van der Waals surface area contributed by atoms with Gasteiger partial charge in [-0.3, -0.25) is 0 Å². The molecule has 5 heteroatoms. The summed E-state index contributed by atoms with van der Waals surface area (Å²) < 4.78 is 0. The van der Waals surface area contributed by atoms with E-state index in [0.717, 1.165) is 0 Å². The van der Waals surface area contributed by atoms with Gasteiger partial charge in [-0.2, -0.15) is 0 Å². The summed E-state index contributed by atoms with van der Waals surface area (Å²) in [5, 5.41) is 4.90. The van der Waals surface area contributed by atoms with Gasteiger partial charge >= 0.3 is 6.03 Å².